The van der Waals surface area contributed by atoms with E-state index in [-0.39, 0.29) is 16.0 Å². The van der Waals surface area contributed by atoms with Crippen molar-refractivity contribution < 1.29 is 8.42 Å². The summed E-state index contributed by atoms with van der Waals surface area (Å²) in [6.07, 6.45) is 1.84. The standard InChI is InChI=1S/C13H11BrCl2N2O2S/c14-10-3-1-2-8(6-10)7-18-13(15)12(21(16,19)20)11(17-18)9-4-5-9/h1-3,6,9H,4-5,7H2. The summed E-state index contributed by atoms with van der Waals surface area (Å²) in [5, 5.41) is 4.44. The lowest BCUT2D eigenvalue weighted by Crippen LogP contribution is -2.02. The van der Waals surface area contributed by atoms with Gasteiger partial charge >= 0.3 is 0 Å². The Hall–Kier alpha value is -0.560. The van der Waals surface area contributed by atoms with E-state index < -0.39 is 9.05 Å². The molecule has 0 atom stereocenters. The smallest absolute Gasteiger partial charge is 0.248 e. The Balaban J connectivity index is 2.04. The second kappa shape index (κ2) is 5.57. The zero-order valence-electron chi connectivity index (χ0n) is 10.8. The van der Waals surface area contributed by atoms with Crippen LogP contribution in [0.15, 0.2) is 33.6 Å². The third-order valence-electron chi connectivity index (χ3n) is 3.30. The molecule has 1 saturated carbocycles. The van der Waals surface area contributed by atoms with Crippen LogP contribution >= 0.6 is 38.2 Å². The van der Waals surface area contributed by atoms with Crippen LogP contribution < -0.4 is 0 Å². The molecule has 8 heteroatoms. The molecule has 2 aromatic rings. The van der Waals surface area contributed by atoms with Crippen LogP contribution in [0.4, 0.5) is 0 Å². The number of benzene rings is 1. The first-order valence-electron chi connectivity index (χ1n) is 6.31. The lowest BCUT2D eigenvalue weighted by molar-refractivity contribution is 0.608. The van der Waals surface area contributed by atoms with Crippen molar-refractivity contribution in [1.29, 1.82) is 0 Å². The van der Waals surface area contributed by atoms with Crippen molar-refractivity contribution in [2.24, 2.45) is 0 Å². The van der Waals surface area contributed by atoms with Gasteiger partial charge in [0.1, 0.15) is 10.0 Å². The van der Waals surface area contributed by atoms with Gasteiger partial charge in [0.25, 0.3) is 9.05 Å². The number of rotatable bonds is 4. The van der Waals surface area contributed by atoms with Gasteiger partial charge in [-0.1, -0.05) is 39.7 Å². The van der Waals surface area contributed by atoms with Crippen LogP contribution in [0.3, 0.4) is 0 Å². The van der Waals surface area contributed by atoms with Gasteiger partial charge in [0.05, 0.1) is 12.2 Å². The number of nitrogens with zero attached hydrogens (tertiary/aromatic N) is 2. The van der Waals surface area contributed by atoms with E-state index >= 15 is 0 Å². The molecule has 21 heavy (non-hydrogen) atoms. The summed E-state index contributed by atoms with van der Waals surface area (Å²) in [4.78, 5) is -0.0386. The highest BCUT2D eigenvalue weighted by Gasteiger charge is 2.36. The molecule has 1 fully saturated rings. The third-order valence-corrected chi connectivity index (χ3v) is 5.65. The summed E-state index contributed by atoms with van der Waals surface area (Å²) in [5.41, 5.74) is 1.46. The monoisotopic (exact) mass is 408 g/mol. The van der Waals surface area contributed by atoms with Crippen LogP contribution in [0.2, 0.25) is 5.15 Å². The normalized spacial score (nSPS) is 15.4. The topological polar surface area (TPSA) is 52.0 Å². The number of aromatic nitrogens is 2. The van der Waals surface area contributed by atoms with Gasteiger partial charge in [-0.15, -0.1) is 0 Å². The van der Waals surface area contributed by atoms with Crippen LogP contribution in [0.25, 0.3) is 0 Å². The van der Waals surface area contributed by atoms with Gasteiger partial charge in [0.2, 0.25) is 0 Å². The maximum absolute atomic E-state index is 11.7. The van der Waals surface area contributed by atoms with Crippen LogP contribution in [-0.4, -0.2) is 18.2 Å². The van der Waals surface area contributed by atoms with Gasteiger partial charge in [-0.05, 0) is 30.5 Å². The van der Waals surface area contributed by atoms with Crippen molar-refractivity contribution in [3.63, 3.8) is 0 Å². The molecule has 1 aromatic carbocycles. The van der Waals surface area contributed by atoms with Crippen molar-refractivity contribution in [2.75, 3.05) is 0 Å². The van der Waals surface area contributed by atoms with Crippen molar-refractivity contribution in [1.82, 2.24) is 9.78 Å². The van der Waals surface area contributed by atoms with Crippen LogP contribution in [0, 0.1) is 0 Å². The average Bonchev–Trinajstić information content (AvgIpc) is 3.15. The Morgan fingerprint density at radius 2 is 2.10 bits per heavy atom. The first-order chi connectivity index (χ1) is 9.86. The van der Waals surface area contributed by atoms with Crippen LogP contribution in [-0.2, 0) is 15.6 Å². The molecule has 0 radical (unpaired) electrons. The van der Waals surface area contributed by atoms with Crippen molar-refractivity contribution in [3.8, 4) is 0 Å². The Kier molecular flexibility index (Phi) is 4.07. The minimum atomic E-state index is -3.90. The van der Waals surface area contributed by atoms with E-state index in [2.05, 4.69) is 21.0 Å². The summed E-state index contributed by atoms with van der Waals surface area (Å²) in [6.45, 7) is 0.393. The molecular weight excluding hydrogens is 399 g/mol. The summed E-state index contributed by atoms with van der Waals surface area (Å²) in [6, 6.07) is 7.68. The molecule has 0 unspecified atom stereocenters. The molecule has 0 amide bonds. The Labute approximate surface area is 140 Å². The molecule has 1 aromatic heterocycles. The fourth-order valence-electron chi connectivity index (χ4n) is 2.20. The molecule has 1 aliphatic carbocycles. The third kappa shape index (κ3) is 3.28. The number of halogens is 3. The summed E-state index contributed by atoms with van der Waals surface area (Å²) >= 11 is 9.60. The van der Waals surface area contributed by atoms with Gasteiger partial charge in [0, 0.05) is 21.1 Å². The predicted octanol–water partition coefficient (Wildman–Crippen LogP) is 4.15. The summed E-state index contributed by atoms with van der Waals surface area (Å²) in [7, 11) is 1.61. The number of hydrogen-bond donors (Lipinski definition) is 0. The predicted molar refractivity (Wildman–Crippen MR) is 85.5 cm³/mol. The number of hydrogen-bond acceptors (Lipinski definition) is 3. The highest BCUT2D eigenvalue weighted by Crippen LogP contribution is 2.45. The molecule has 0 saturated heterocycles. The summed E-state index contributed by atoms with van der Waals surface area (Å²) in [5.74, 6) is 0.148. The maximum atomic E-state index is 11.7. The molecule has 0 aliphatic heterocycles. The van der Waals surface area contributed by atoms with Gasteiger partial charge in [-0.3, -0.25) is 0 Å². The summed E-state index contributed by atoms with van der Waals surface area (Å²) < 4.78 is 25.9. The SMILES string of the molecule is O=S(=O)(Cl)c1c(C2CC2)nn(Cc2cccc(Br)c2)c1Cl. The molecule has 3 rings (SSSR count). The van der Waals surface area contributed by atoms with E-state index in [4.69, 9.17) is 22.3 Å². The lowest BCUT2D eigenvalue weighted by Gasteiger charge is -2.04. The van der Waals surface area contributed by atoms with Gasteiger partial charge in [0.15, 0.2) is 0 Å². The molecule has 112 valence electrons. The van der Waals surface area contributed by atoms with Gasteiger partial charge in [-0.2, -0.15) is 5.10 Å². The van der Waals surface area contributed by atoms with E-state index in [1.165, 1.54) is 4.68 Å². The van der Waals surface area contributed by atoms with Crippen LogP contribution in [0.5, 0.6) is 0 Å². The first-order valence-corrected chi connectivity index (χ1v) is 9.79. The first kappa shape index (κ1) is 15.3. The average molecular weight is 410 g/mol. The minimum absolute atomic E-state index is 0.0386. The van der Waals surface area contributed by atoms with Crippen molar-refractivity contribution in [2.45, 2.75) is 30.2 Å². The van der Waals surface area contributed by atoms with E-state index in [0.717, 1.165) is 22.9 Å². The highest BCUT2D eigenvalue weighted by molar-refractivity contribution is 9.10. The molecule has 0 spiro atoms. The highest BCUT2D eigenvalue weighted by atomic mass is 79.9. The lowest BCUT2D eigenvalue weighted by atomic mass is 10.2. The molecule has 1 aliphatic rings. The molecule has 1 heterocycles. The van der Waals surface area contributed by atoms with Gasteiger partial charge < -0.3 is 0 Å². The second-order valence-corrected chi connectivity index (χ2v) is 8.78. The zero-order chi connectivity index (χ0) is 15.2. The molecule has 4 nitrogen and oxygen atoms in total. The molecular formula is C13H11BrCl2N2O2S. The Bertz CT molecular complexity index is 800. The minimum Gasteiger partial charge on any atom is -0.248 e. The van der Waals surface area contributed by atoms with E-state index in [1.807, 2.05) is 24.3 Å². The quantitative estimate of drug-likeness (QED) is 0.712. The van der Waals surface area contributed by atoms with Crippen molar-refractivity contribution >= 4 is 47.3 Å². The largest absolute Gasteiger partial charge is 0.266 e. The zero-order valence-corrected chi connectivity index (χ0v) is 14.7. The maximum Gasteiger partial charge on any atom is 0.266 e. The molecule has 0 N–H and O–H groups in total. The Morgan fingerprint density at radius 1 is 1.38 bits per heavy atom. The molecule has 0 bridgehead atoms. The van der Waals surface area contributed by atoms with Gasteiger partial charge in [-0.25, -0.2) is 13.1 Å². The second-order valence-electron chi connectivity index (χ2n) is 5.00. The Morgan fingerprint density at radius 3 is 2.67 bits per heavy atom. The van der Waals surface area contributed by atoms with E-state index in [0.29, 0.717) is 12.2 Å². The van der Waals surface area contributed by atoms with E-state index in [1.54, 1.807) is 0 Å². The van der Waals surface area contributed by atoms with E-state index in [9.17, 15) is 8.42 Å². The fraction of sp³-hybridized carbons (Fsp3) is 0.308. The fourth-order valence-corrected chi connectivity index (χ4v) is 4.49. The van der Waals surface area contributed by atoms with Crippen LogP contribution in [0.1, 0.15) is 30.0 Å². The van der Waals surface area contributed by atoms with Crippen molar-refractivity contribution in [3.05, 3.63) is 45.1 Å².